The first-order valence-electron chi connectivity index (χ1n) is 6.21. The van der Waals surface area contributed by atoms with Crippen molar-refractivity contribution in [2.45, 2.75) is 52.0 Å². The SMILES string of the molecule is CC(C)(C#N)CCCN1CCCC1(C)C(=O)O. The minimum absolute atomic E-state index is 0.306. The van der Waals surface area contributed by atoms with Crippen molar-refractivity contribution in [3.8, 4) is 6.07 Å². The van der Waals surface area contributed by atoms with E-state index in [-0.39, 0.29) is 5.41 Å². The van der Waals surface area contributed by atoms with Crippen molar-refractivity contribution in [2.75, 3.05) is 13.1 Å². The summed E-state index contributed by atoms with van der Waals surface area (Å²) in [6, 6.07) is 2.28. The number of nitrogens with zero attached hydrogens (tertiary/aromatic N) is 2. The van der Waals surface area contributed by atoms with E-state index in [1.54, 1.807) is 6.92 Å². The lowest BCUT2D eigenvalue weighted by Crippen LogP contribution is -2.48. The second-order valence-electron chi connectivity index (χ2n) is 5.77. The Morgan fingerprint density at radius 1 is 1.59 bits per heavy atom. The van der Waals surface area contributed by atoms with Gasteiger partial charge in [0.1, 0.15) is 5.54 Å². The first-order valence-corrected chi connectivity index (χ1v) is 6.21. The van der Waals surface area contributed by atoms with Gasteiger partial charge in [0.05, 0.1) is 11.5 Å². The minimum atomic E-state index is -0.727. The molecule has 1 aliphatic rings. The van der Waals surface area contributed by atoms with E-state index in [0.29, 0.717) is 0 Å². The molecule has 0 saturated carbocycles. The van der Waals surface area contributed by atoms with Crippen LogP contribution in [0.4, 0.5) is 0 Å². The van der Waals surface area contributed by atoms with Crippen LogP contribution < -0.4 is 0 Å². The molecule has 1 N–H and O–H groups in total. The topological polar surface area (TPSA) is 64.3 Å². The average molecular weight is 238 g/mol. The van der Waals surface area contributed by atoms with Gasteiger partial charge in [-0.1, -0.05) is 0 Å². The van der Waals surface area contributed by atoms with Gasteiger partial charge < -0.3 is 5.11 Å². The van der Waals surface area contributed by atoms with Gasteiger partial charge >= 0.3 is 5.97 Å². The van der Waals surface area contributed by atoms with E-state index >= 15 is 0 Å². The molecule has 0 radical (unpaired) electrons. The predicted octanol–water partition coefficient (Wildman–Crippen LogP) is 2.26. The molecule has 1 unspecified atom stereocenters. The molecule has 0 spiro atoms. The summed E-state index contributed by atoms with van der Waals surface area (Å²) in [5, 5.41) is 18.2. The summed E-state index contributed by atoms with van der Waals surface area (Å²) in [6.07, 6.45) is 3.37. The Morgan fingerprint density at radius 3 is 2.76 bits per heavy atom. The van der Waals surface area contributed by atoms with E-state index in [4.69, 9.17) is 5.26 Å². The maximum absolute atomic E-state index is 11.3. The van der Waals surface area contributed by atoms with Crippen LogP contribution in [-0.2, 0) is 4.79 Å². The molecule has 17 heavy (non-hydrogen) atoms. The van der Waals surface area contributed by atoms with Gasteiger partial charge in [-0.25, -0.2) is 0 Å². The number of nitriles is 1. The highest BCUT2D eigenvalue weighted by Crippen LogP contribution is 2.30. The van der Waals surface area contributed by atoms with Crippen LogP contribution in [-0.4, -0.2) is 34.6 Å². The quantitative estimate of drug-likeness (QED) is 0.798. The second-order valence-corrected chi connectivity index (χ2v) is 5.77. The lowest BCUT2D eigenvalue weighted by molar-refractivity contribution is -0.148. The van der Waals surface area contributed by atoms with Crippen LogP contribution in [0.25, 0.3) is 0 Å². The van der Waals surface area contributed by atoms with Crippen LogP contribution in [0.2, 0.25) is 0 Å². The lowest BCUT2D eigenvalue weighted by Gasteiger charge is -2.31. The summed E-state index contributed by atoms with van der Waals surface area (Å²) in [6.45, 7) is 7.28. The average Bonchev–Trinajstić information content (AvgIpc) is 2.62. The number of rotatable bonds is 5. The molecule has 1 saturated heterocycles. The Labute approximate surface area is 103 Å². The highest BCUT2D eigenvalue weighted by atomic mass is 16.4. The van der Waals surface area contributed by atoms with Crippen LogP contribution in [0, 0.1) is 16.7 Å². The molecule has 0 aromatic rings. The lowest BCUT2D eigenvalue weighted by atomic mass is 9.89. The number of carboxylic acid groups (broad SMARTS) is 1. The smallest absolute Gasteiger partial charge is 0.323 e. The van der Waals surface area contributed by atoms with E-state index < -0.39 is 11.5 Å². The number of hydrogen-bond acceptors (Lipinski definition) is 3. The highest BCUT2D eigenvalue weighted by molar-refractivity contribution is 5.78. The highest BCUT2D eigenvalue weighted by Gasteiger charge is 2.42. The molecular weight excluding hydrogens is 216 g/mol. The Morgan fingerprint density at radius 2 is 2.24 bits per heavy atom. The summed E-state index contributed by atoms with van der Waals surface area (Å²) in [7, 11) is 0. The molecule has 0 amide bonds. The molecule has 96 valence electrons. The summed E-state index contributed by atoms with van der Waals surface area (Å²) in [5.41, 5.74) is -1.00. The zero-order chi connectivity index (χ0) is 13.1. The molecule has 1 aliphatic heterocycles. The summed E-state index contributed by atoms with van der Waals surface area (Å²) < 4.78 is 0. The van der Waals surface area contributed by atoms with Gasteiger partial charge in [-0.3, -0.25) is 9.69 Å². The largest absolute Gasteiger partial charge is 0.480 e. The van der Waals surface area contributed by atoms with Crippen molar-refractivity contribution >= 4 is 5.97 Å². The summed E-state index contributed by atoms with van der Waals surface area (Å²) in [4.78, 5) is 13.3. The fourth-order valence-corrected chi connectivity index (χ4v) is 2.39. The first-order chi connectivity index (χ1) is 7.82. The van der Waals surface area contributed by atoms with Crippen molar-refractivity contribution < 1.29 is 9.90 Å². The van der Waals surface area contributed by atoms with Crippen molar-refractivity contribution in [3.05, 3.63) is 0 Å². The van der Waals surface area contributed by atoms with Gasteiger partial charge in [-0.05, 0) is 59.5 Å². The minimum Gasteiger partial charge on any atom is -0.480 e. The van der Waals surface area contributed by atoms with Gasteiger partial charge in [0.25, 0.3) is 0 Å². The molecule has 0 aromatic carbocycles. The standard InChI is InChI=1S/C13H22N2O2/c1-12(2,10-14)6-4-8-15-9-5-7-13(15,3)11(16)17/h4-9H2,1-3H3,(H,16,17). The van der Waals surface area contributed by atoms with E-state index in [0.717, 1.165) is 38.8 Å². The third kappa shape index (κ3) is 3.19. The van der Waals surface area contributed by atoms with Crippen LogP contribution >= 0.6 is 0 Å². The number of hydrogen-bond donors (Lipinski definition) is 1. The van der Waals surface area contributed by atoms with E-state index in [1.807, 2.05) is 18.7 Å². The van der Waals surface area contributed by atoms with Gasteiger partial charge in [-0.2, -0.15) is 5.26 Å². The van der Waals surface area contributed by atoms with Crippen LogP contribution in [0.3, 0.4) is 0 Å². The number of carboxylic acids is 1. The van der Waals surface area contributed by atoms with Gasteiger partial charge in [-0.15, -0.1) is 0 Å². The number of likely N-dealkylation sites (tertiary alicyclic amines) is 1. The molecule has 1 rings (SSSR count). The molecule has 4 nitrogen and oxygen atoms in total. The third-order valence-electron chi connectivity index (χ3n) is 3.78. The third-order valence-corrected chi connectivity index (χ3v) is 3.78. The van der Waals surface area contributed by atoms with Crippen LogP contribution in [0.15, 0.2) is 0 Å². The van der Waals surface area contributed by atoms with Crippen LogP contribution in [0.1, 0.15) is 46.5 Å². The molecule has 0 aliphatic carbocycles. The zero-order valence-corrected chi connectivity index (χ0v) is 11.0. The summed E-state index contributed by atoms with van der Waals surface area (Å²) in [5.74, 6) is -0.727. The van der Waals surface area contributed by atoms with Crippen molar-refractivity contribution in [2.24, 2.45) is 5.41 Å². The number of carbonyl (C=O) groups is 1. The molecular formula is C13H22N2O2. The molecule has 1 atom stereocenters. The van der Waals surface area contributed by atoms with Crippen molar-refractivity contribution in [3.63, 3.8) is 0 Å². The first kappa shape index (κ1) is 14.0. The van der Waals surface area contributed by atoms with Gasteiger partial charge in [0, 0.05) is 0 Å². The van der Waals surface area contributed by atoms with Gasteiger partial charge in [0.2, 0.25) is 0 Å². The predicted molar refractivity (Wildman–Crippen MR) is 65.5 cm³/mol. The van der Waals surface area contributed by atoms with E-state index in [1.165, 1.54) is 0 Å². The van der Waals surface area contributed by atoms with Crippen molar-refractivity contribution in [1.82, 2.24) is 4.90 Å². The Kier molecular flexibility index (Phi) is 4.16. The second kappa shape index (κ2) is 5.05. The normalized spacial score (nSPS) is 25.8. The van der Waals surface area contributed by atoms with Crippen molar-refractivity contribution in [1.29, 1.82) is 5.26 Å². The van der Waals surface area contributed by atoms with Gasteiger partial charge in [0.15, 0.2) is 0 Å². The van der Waals surface area contributed by atoms with E-state index in [9.17, 15) is 9.90 Å². The Balaban J connectivity index is 2.48. The monoisotopic (exact) mass is 238 g/mol. The molecule has 0 aromatic heterocycles. The molecule has 1 heterocycles. The molecule has 4 heteroatoms. The maximum atomic E-state index is 11.3. The summed E-state index contributed by atoms with van der Waals surface area (Å²) >= 11 is 0. The fourth-order valence-electron chi connectivity index (χ4n) is 2.39. The number of aliphatic carboxylic acids is 1. The molecule has 1 fully saturated rings. The Hall–Kier alpha value is -1.08. The van der Waals surface area contributed by atoms with Crippen LogP contribution in [0.5, 0.6) is 0 Å². The molecule has 0 bridgehead atoms. The van der Waals surface area contributed by atoms with E-state index in [2.05, 4.69) is 6.07 Å². The maximum Gasteiger partial charge on any atom is 0.323 e. The zero-order valence-electron chi connectivity index (χ0n) is 11.0. The Bertz CT molecular complexity index is 333. The fraction of sp³-hybridized carbons (Fsp3) is 0.846.